The predicted octanol–water partition coefficient (Wildman–Crippen LogP) is 13.9. The first-order valence-corrected chi connectivity index (χ1v) is 21.3. The van der Waals surface area contributed by atoms with E-state index >= 15 is 0 Å². The van der Waals surface area contributed by atoms with Gasteiger partial charge in [-0.05, 0) is 99.1 Å². The number of rotatable bonds is 5. The normalized spacial score (nSPS) is 14.1. The largest absolute Gasteiger partial charge is 0.248 e. The second kappa shape index (κ2) is 13.4. The molecule has 12 rings (SSSR count). The molecule has 10 aromatic rings. The van der Waals surface area contributed by atoms with E-state index in [4.69, 9.17) is 24.9 Å². The smallest absolute Gasteiger partial charge is 0.164 e. The van der Waals surface area contributed by atoms with Crippen LogP contribution in [0, 0.1) is 0 Å². The number of hydrogen-bond acceptors (Lipinski definition) is 5. The third kappa shape index (κ3) is 5.65. The van der Waals surface area contributed by atoms with Gasteiger partial charge in [0.15, 0.2) is 17.5 Å². The molecule has 0 aliphatic heterocycles. The first kappa shape index (κ1) is 36.2. The SMILES string of the molecule is CC1(C)c2ccccc2-c2ccc(-c3nc(-c4cc(-c5ccc6ccccc6n5)cc(-c5ccc6ccccc6n5)c4)nc(-c4ccc5c(c4)C(C)(C)c4ccccc4-5)n3)cc21. The Morgan fingerprint density at radius 1 is 0.290 bits per heavy atom. The van der Waals surface area contributed by atoms with Crippen LogP contribution in [-0.4, -0.2) is 24.9 Å². The Hall–Kier alpha value is -7.63. The molecule has 0 radical (unpaired) electrons. The number of hydrogen-bond donors (Lipinski definition) is 0. The van der Waals surface area contributed by atoms with Crippen molar-refractivity contribution < 1.29 is 0 Å². The lowest BCUT2D eigenvalue weighted by Crippen LogP contribution is -2.15. The minimum absolute atomic E-state index is 0.176. The van der Waals surface area contributed by atoms with E-state index in [2.05, 4.69) is 179 Å². The van der Waals surface area contributed by atoms with Crippen molar-refractivity contribution in [2.24, 2.45) is 0 Å². The maximum atomic E-state index is 5.36. The number of fused-ring (bicyclic) bond motifs is 8. The van der Waals surface area contributed by atoms with E-state index < -0.39 is 0 Å². The van der Waals surface area contributed by atoms with E-state index in [0.717, 1.165) is 61.0 Å². The van der Waals surface area contributed by atoms with E-state index in [9.17, 15) is 0 Å². The molecule has 0 fully saturated rings. The number of benzene rings is 7. The maximum Gasteiger partial charge on any atom is 0.164 e. The van der Waals surface area contributed by atoms with Crippen LogP contribution in [0.1, 0.15) is 49.9 Å². The summed E-state index contributed by atoms with van der Waals surface area (Å²) >= 11 is 0. The molecule has 62 heavy (non-hydrogen) atoms. The molecule has 3 heterocycles. The predicted molar refractivity (Wildman–Crippen MR) is 253 cm³/mol. The van der Waals surface area contributed by atoms with Crippen molar-refractivity contribution >= 4 is 21.8 Å². The Morgan fingerprint density at radius 3 is 1.16 bits per heavy atom. The van der Waals surface area contributed by atoms with Gasteiger partial charge in [-0.15, -0.1) is 0 Å². The minimum atomic E-state index is -0.176. The summed E-state index contributed by atoms with van der Waals surface area (Å²) in [6.45, 7) is 9.24. The zero-order chi connectivity index (χ0) is 41.7. The Kier molecular flexibility index (Phi) is 7.85. The van der Waals surface area contributed by atoms with Crippen molar-refractivity contribution in [2.75, 3.05) is 0 Å². The molecular weight excluding hydrogens is 755 g/mol. The van der Waals surface area contributed by atoms with Gasteiger partial charge in [0.25, 0.3) is 0 Å². The van der Waals surface area contributed by atoms with Crippen LogP contribution < -0.4 is 0 Å². The van der Waals surface area contributed by atoms with Crippen molar-refractivity contribution in [3.8, 4) is 78.9 Å². The van der Waals surface area contributed by atoms with E-state index in [1.807, 2.05) is 24.3 Å². The minimum Gasteiger partial charge on any atom is -0.248 e. The second-order valence-electron chi connectivity index (χ2n) is 17.7. The first-order chi connectivity index (χ1) is 30.2. The summed E-state index contributed by atoms with van der Waals surface area (Å²) in [5.41, 5.74) is 18.2. The third-order valence-electron chi connectivity index (χ3n) is 13.3. The van der Waals surface area contributed by atoms with Gasteiger partial charge in [0.05, 0.1) is 22.4 Å². The van der Waals surface area contributed by atoms with Gasteiger partial charge in [-0.1, -0.05) is 149 Å². The molecule has 2 aliphatic rings. The highest BCUT2D eigenvalue weighted by Crippen LogP contribution is 2.51. The first-order valence-electron chi connectivity index (χ1n) is 21.3. The van der Waals surface area contributed by atoms with E-state index in [1.165, 1.54) is 44.5 Å². The van der Waals surface area contributed by atoms with Crippen molar-refractivity contribution in [1.29, 1.82) is 0 Å². The monoisotopic (exact) mass is 795 g/mol. The molecule has 3 aromatic heterocycles. The summed E-state index contributed by atoms with van der Waals surface area (Å²) in [6.07, 6.45) is 0. The summed E-state index contributed by atoms with van der Waals surface area (Å²) in [6, 6.07) is 62.3. The second-order valence-corrected chi connectivity index (χ2v) is 17.7. The Bertz CT molecular complexity index is 3270. The lowest BCUT2D eigenvalue weighted by Gasteiger charge is -2.22. The van der Waals surface area contributed by atoms with Crippen molar-refractivity contribution in [3.05, 3.63) is 198 Å². The van der Waals surface area contributed by atoms with Gasteiger partial charge in [0, 0.05) is 49.4 Å². The topological polar surface area (TPSA) is 64.5 Å². The molecule has 0 saturated carbocycles. The Balaban J connectivity index is 1.08. The summed E-state index contributed by atoms with van der Waals surface area (Å²) in [4.78, 5) is 26.3. The quantitative estimate of drug-likeness (QED) is 0.174. The van der Waals surface area contributed by atoms with Gasteiger partial charge in [-0.2, -0.15) is 0 Å². The maximum absolute atomic E-state index is 5.36. The Morgan fingerprint density at radius 2 is 0.677 bits per heavy atom. The Labute approximate surface area is 360 Å². The van der Waals surface area contributed by atoms with Crippen LogP contribution in [0.15, 0.2) is 176 Å². The van der Waals surface area contributed by atoms with Gasteiger partial charge in [0.1, 0.15) is 0 Å². The molecule has 5 nitrogen and oxygen atoms in total. The highest BCUT2D eigenvalue weighted by molar-refractivity contribution is 5.88. The fourth-order valence-corrected chi connectivity index (χ4v) is 9.96. The molecule has 2 aliphatic carbocycles. The van der Waals surface area contributed by atoms with Gasteiger partial charge in [0.2, 0.25) is 0 Å². The summed E-state index contributed by atoms with van der Waals surface area (Å²) < 4.78 is 0. The van der Waals surface area contributed by atoms with Crippen LogP contribution in [0.5, 0.6) is 0 Å². The van der Waals surface area contributed by atoms with Crippen LogP contribution in [0.4, 0.5) is 0 Å². The van der Waals surface area contributed by atoms with Gasteiger partial charge in [-0.25, -0.2) is 24.9 Å². The van der Waals surface area contributed by atoms with Crippen LogP contribution in [0.2, 0.25) is 0 Å². The van der Waals surface area contributed by atoms with Gasteiger partial charge in [-0.3, -0.25) is 0 Å². The van der Waals surface area contributed by atoms with E-state index in [-0.39, 0.29) is 10.8 Å². The molecule has 0 bridgehead atoms. The molecule has 0 spiro atoms. The van der Waals surface area contributed by atoms with E-state index in [0.29, 0.717) is 17.5 Å². The van der Waals surface area contributed by atoms with Crippen LogP contribution in [0.25, 0.3) is 101 Å². The van der Waals surface area contributed by atoms with Crippen molar-refractivity contribution in [3.63, 3.8) is 0 Å². The zero-order valence-corrected chi connectivity index (χ0v) is 35.0. The number of pyridine rings is 2. The molecule has 0 saturated heterocycles. The molecule has 0 amide bonds. The highest BCUT2D eigenvalue weighted by Gasteiger charge is 2.37. The number of aromatic nitrogens is 5. The summed E-state index contributed by atoms with van der Waals surface area (Å²) in [5.74, 6) is 1.84. The summed E-state index contributed by atoms with van der Waals surface area (Å²) in [7, 11) is 0. The van der Waals surface area contributed by atoms with Crippen molar-refractivity contribution in [1.82, 2.24) is 24.9 Å². The lowest BCUT2D eigenvalue weighted by molar-refractivity contribution is 0.660. The number of nitrogens with zero attached hydrogens (tertiary/aromatic N) is 5. The highest BCUT2D eigenvalue weighted by atomic mass is 15.0. The van der Waals surface area contributed by atoms with Crippen LogP contribution in [0.3, 0.4) is 0 Å². The molecule has 0 atom stereocenters. The number of para-hydroxylation sites is 2. The molecule has 294 valence electrons. The zero-order valence-electron chi connectivity index (χ0n) is 35.0. The fourth-order valence-electron chi connectivity index (χ4n) is 9.96. The fraction of sp³-hybridized carbons (Fsp3) is 0.105. The average Bonchev–Trinajstić information content (AvgIpc) is 3.69. The van der Waals surface area contributed by atoms with Gasteiger partial charge < -0.3 is 0 Å². The lowest BCUT2D eigenvalue weighted by atomic mass is 9.82. The molecule has 0 unspecified atom stereocenters. The molecule has 5 heteroatoms. The van der Waals surface area contributed by atoms with E-state index in [1.54, 1.807) is 0 Å². The standard InChI is InChI=1S/C57H41N5/c1-56(2)45-17-9-7-15-41(45)43-25-21-36(32-47(43)56)53-60-54(37-22-26-44-42-16-8-10-18-46(42)57(3,4)48(44)33-37)62-55(61-53)40-30-38(51-27-23-34-13-5-11-19-49(34)58-51)29-39(31-40)52-28-24-35-14-6-12-20-50(35)59-52/h5-33H,1-4H3. The summed E-state index contributed by atoms with van der Waals surface area (Å²) in [5, 5.41) is 2.19. The molecular formula is C57H41N5. The molecule has 7 aromatic carbocycles. The van der Waals surface area contributed by atoms with Crippen LogP contribution in [-0.2, 0) is 10.8 Å². The third-order valence-corrected chi connectivity index (χ3v) is 13.3. The van der Waals surface area contributed by atoms with Gasteiger partial charge >= 0.3 is 0 Å². The average molecular weight is 796 g/mol. The van der Waals surface area contributed by atoms with Crippen LogP contribution >= 0.6 is 0 Å². The molecule has 0 N–H and O–H groups in total. The van der Waals surface area contributed by atoms with Crippen molar-refractivity contribution in [2.45, 2.75) is 38.5 Å².